The van der Waals surface area contributed by atoms with E-state index < -0.39 is 17.9 Å². The lowest BCUT2D eigenvalue weighted by Gasteiger charge is -2.39. The zero-order valence-electron chi connectivity index (χ0n) is 17.5. The van der Waals surface area contributed by atoms with Gasteiger partial charge in [0.15, 0.2) is 6.61 Å². The largest absolute Gasteiger partial charge is 0.454 e. The first-order valence-electron chi connectivity index (χ1n) is 10.0. The number of fused-ring (bicyclic) bond motifs is 2. The molecule has 3 rings (SSSR count). The monoisotopic (exact) mass is 420 g/mol. The molecular formula is C22H29ClN2O4. The van der Waals surface area contributed by atoms with Crippen LogP contribution >= 0.6 is 11.6 Å². The van der Waals surface area contributed by atoms with Crippen molar-refractivity contribution in [3.8, 4) is 0 Å². The summed E-state index contributed by atoms with van der Waals surface area (Å²) in [6.45, 7) is 8.64. The van der Waals surface area contributed by atoms with Crippen molar-refractivity contribution in [1.82, 2.24) is 10.2 Å². The van der Waals surface area contributed by atoms with Crippen LogP contribution in [0.15, 0.2) is 24.3 Å². The Kier molecular flexibility index (Phi) is 5.95. The van der Waals surface area contributed by atoms with Crippen molar-refractivity contribution in [1.29, 1.82) is 0 Å². The van der Waals surface area contributed by atoms with Crippen LogP contribution in [0, 0.1) is 10.8 Å². The molecule has 7 heteroatoms. The normalized spacial score (nSPS) is 26.0. The fourth-order valence-electron chi connectivity index (χ4n) is 5.07. The van der Waals surface area contributed by atoms with Gasteiger partial charge in [0.2, 0.25) is 0 Å². The van der Waals surface area contributed by atoms with Gasteiger partial charge in [0, 0.05) is 12.6 Å². The van der Waals surface area contributed by atoms with E-state index in [4.69, 9.17) is 16.3 Å². The minimum Gasteiger partial charge on any atom is -0.454 e. The molecule has 1 aromatic rings. The van der Waals surface area contributed by atoms with Gasteiger partial charge < -0.3 is 15.0 Å². The van der Waals surface area contributed by atoms with Crippen molar-refractivity contribution >= 4 is 29.4 Å². The van der Waals surface area contributed by atoms with Gasteiger partial charge in [-0.05, 0) is 49.1 Å². The lowest BCUT2D eigenvalue weighted by Crippen LogP contribution is -2.43. The highest BCUT2D eigenvalue weighted by Crippen LogP contribution is 2.52. The molecule has 1 aliphatic carbocycles. The lowest BCUT2D eigenvalue weighted by molar-refractivity contribution is -0.153. The number of hydrogen-bond donors (Lipinski definition) is 1. The van der Waals surface area contributed by atoms with Crippen LogP contribution in [0.3, 0.4) is 0 Å². The van der Waals surface area contributed by atoms with E-state index in [1.807, 2.05) is 4.90 Å². The van der Waals surface area contributed by atoms with Crippen LogP contribution in [0.25, 0.3) is 0 Å². The molecule has 3 atom stereocenters. The maximum Gasteiger partial charge on any atom is 0.328 e. The minimum atomic E-state index is -0.888. The average molecular weight is 421 g/mol. The maximum absolute atomic E-state index is 12.7. The quantitative estimate of drug-likeness (QED) is 0.740. The Hall–Kier alpha value is -2.08. The number of rotatable bonds is 5. The van der Waals surface area contributed by atoms with Gasteiger partial charge in [0.05, 0.1) is 10.6 Å². The first-order chi connectivity index (χ1) is 13.5. The van der Waals surface area contributed by atoms with Gasteiger partial charge in [-0.1, -0.05) is 44.5 Å². The van der Waals surface area contributed by atoms with Crippen LogP contribution in [-0.4, -0.2) is 47.9 Å². The van der Waals surface area contributed by atoms with Crippen LogP contribution in [0.1, 0.15) is 57.3 Å². The summed E-state index contributed by atoms with van der Waals surface area (Å²) in [5, 5.41) is 2.86. The lowest BCUT2D eigenvalue weighted by atomic mass is 9.65. The summed E-state index contributed by atoms with van der Waals surface area (Å²) in [5.41, 5.74) is 0.619. The molecule has 6 nitrogen and oxygen atoms in total. The first kappa shape index (κ1) is 21.6. The SMILES string of the molecule is CC(NC(=O)c1ccccc1Cl)C(=O)OCC(=O)N1CC2(C)CC1CC(C)(C)C2. The van der Waals surface area contributed by atoms with E-state index in [1.165, 1.54) is 6.92 Å². The first-order valence-corrected chi connectivity index (χ1v) is 10.4. The summed E-state index contributed by atoms with van der Waals surface area (Å²) in [6, 6.07) is 5.90. The van der Waals surface area contributed by atoms with Gasteiger partial charge >= 0.3 is 5.97 Å². The minimum absolute atomic E-state index is 0.127. The number of nitrogens with zero attached hydrogens (tertiary/aromatic N) is 1. The smallest absolute Gasteiger partial charge is 0.328 e. The molecule has 1 aliphatic heterocycles. The van der Waals surface area contributed by atoms with Gasteiger partial charge in [-0.3, -0.25) is 9.59 Å². The van der Waals surface area contributed by atoms with E-state index in [-0.39, 0.29) is 34.9 Å². The average Bonchev–Trinajstić information content (AvgIpc) is 2.88. The number of hydrogen-bond acceptors (Lipinski definition) is 4. The molecule has 1 saturated heterocycles. The number of carbonyl (C=O) groups excluding carboxylic acids is 3. The Bertz CT molecular complexity index is 825. The van der Waals surface area contributed by atoms with Crippen molar-refractivity contribution in [2.24, 2.45) is 10.8 Å². The molecule has 0 radical (unpaired) electrons. The Morgan fingerprint density at radius 1 is 1.24 bits per heavy atom. The van der Waals surface area contributed by atoms with Gasteiger partial charge in [-0.15, -0.1) is 0 Å². The Morgan fingerprint density at radius 2 is 1.93 bits per heavy atom. The molecule has 0 aromatic heterocycles. The highest BCUT2D eigenvalue weighted by atomic mass is 35.5. The summed E-state index contributed by atoms with van der Waals surface area (Å²) >= 11 is 6.01. The number of nitrogens with one attached hydrogen (secondary N) is 1. The molecule has 2 amide bonds. The third-order valence-electron chi connectivity index (χ3n) is 5.89. The maximum atomic E-state index is 12.7. The summed E-state index contributed by atoms with van der Waals surface area (Å²) in [7, 11) is 0. The van der Waals surface area contributed by atoms with E-state index in [0.717, 1.165) is 19.3 Å². The second-order valence-corrected chi connectivity index (χ2v) is 9.93. The molecule has 2 bridgehead atoms. The summed E-state index contributed by atoms with van der Waals surface area (Å²) in [6.07, 6.45) is 3.05. The zero-order chi connectivity index (χ0) is 21.4. The van der Waals surface area contributed by atoms with Crippen LogP contribution in [0.2, 0.25) is 5.02 Å². The third kappa shape index (κ3) is 4.92. The Balaban J connectivity index is 1.52. The topological polar surface area (TPSA) is 75.7 Å². The summed E-state index contributed by atoms with van der Waals surface area (Å²) < 4.78 is 5.20. The van der Waals surface area contributed by atoms with Crippen LogP contribution in [0.4, 0.5) is 0 Å². The fourth-order valence-corrected chi connectivity index (χ4v) is 5.29. The van der Waals surface area contributed by atoms with Gasteiger partial charge in [-0.25, -0.2) is 4.79 Å². The van der Waals surface area contributed by atoms with Crippen molar-refractivity contribution in [2.75, 3.05) is 13.2 Å². The van der Waals surface area contributed by atoms with Crippen molar-refractivity contribution in [2.45, 2.75) is 59.0 Å². The number of benzene rings is 1. The fraction of sp³-hybridized carbons (Fsp3) is 0.591. The van der Waals surface area contributed by atoms with Crippen LogP contribution in [0.5, 0.6) is 0 Å². The number of esters is 1. The van der Waals surface area contributed by atoms with Crippen LogP contribution in [-0.2, 0) is 14.3 Å². The number of likely N-dealkylation sites (tertiary alicyclic amines) is 1. The predicted octanol–water partition coefficient (Wildman–Crippen LogP) is 3.43. The third-order valence-corrected chi connectivity index (χ3v) is 6.22. The predicted molar refractivity (Wildman–Crippen MR) is 111 cm³/mol. The second kappa shape index (κ2) is 7.98. The van der Waals surface area contributed by atoms with E-state index in [1.54, 1.807) is 24.3 Å². The van der Waals surface area contributed by atoms with E-state index in [0.29, 0.717) is 11.6 Å². The molecule has 29 heavy (non-hydrogen) atoms. The van der Waals surface area contributed by atoms with E-state index >= 15 is 0 Å². The molecule has 3 unspecified atom stereocenters. The van der Waals surface area contributed by atoms with Crippen molar-refractivity contribution < 1.29 is 19.1 Å². The summed E-state index contributed by atoms with van der Waals surface area (Å²) in [5.74, 6) is -1.28. The van der Waals surface area contributed by atoms with E-state index in [2.05, 4.69) is 26.1 Å². The van der Waals surface area contributed by atoms with Gasteiger partial charge in [-0.2, -0.15) is 0 Å². The molecule has 2 aliphatic rings. The highest BCUT2D eigenvalue weighted by molar-refractivity contribution is 6.33. The molecule has 1 heterocycles. The van der Waals surface area contributed by atoms with Gasteiger partial charge in [0.1, 0.15) is 6.04 Å². The number of halogens is 1. The Morgan fingerprint density at radius 3 is 2.62 bits per heavy atom. The number of ether oxygens (including phenoxy) is 1. The molecule has 1 aromatic carbocycles. The summed E-state index contributed by atoms with van der Waals surface area (Å²) in [4.78, 5) is 39.1. The number of carbonyl (C=O) groups is 3. The number of amides is 2. The zero-order valence-corrected chi connectivity index (χ0v) is 18.2. The standard InChI is InChI=1S/C22H29ClN2O4/c1-14(24-19(27)16-7-5-6-8-17(16)23)20(28)29-11-18(26)25-13-22(4)10-15(25)9-21(2,3)12-22/h5-8,14-15H,9-13H2,1-4H3,(H,24,27). The molecule has 1 saturated carbocycles. The molecule has 1 N–H and O–H groups in total. The molecule has 2 fully saturated rings. The highest BCUT2D eigenvalue weighted by Gasteiger charge is 2.50. The Labute approximate surface area is 176 Å². The van der Waals surface area contributed by atoms with Gasteiger partial charge in [0.25, 0.3) is 11.8 Å². The van der Waals surface area contributed by atoms with Crippen molar-refractivity contribution in [3.05, 3.63) is 34.9 Å². The molecule has 0 spiro atoms. The molecular weight excluding hydrogens is 392 g/mol. The van der Waals surface area contributed by atoms with Crippen molar-refractivity contribution in [3.63, 3.8) is 0 Å². The van der Waals surface area contributed by atoms with Crippen LogP contribution < -0.4 is 5.32 Å². The second-order valence-electron chi connectivity index (χ2n) is 9.52. The van der Waals surface area contributed by atoms with E-state index in [9.17, 15) is 14.4 Å². The molecule has 158 valence electrons.